The average molecular weight is 493 g/mol. The quantitative estimate of drug-likeness (QED) is 0.443. The molecule has 1 N–H and O–H groups in total. The number of hydrogen-bond donors (Lipinski definition) is 1. The zero-order chi connectivity index (χ0) is 22.1. The largest absolute Gasteiger partial charge is 0.496 e. The molecule has 0 amide bonds. The maximum Gasteiger partial charge on any atom is 0.256 e. The van der Waals surface area contributed by atoms with Gasteiger partial charge in [-0.1, -0.05) is 22.0 Å². The predicted molar refractivity (Wildman–Crippen MR) is 124 cm³/mol. The van der Waals surface area contributed by atoms with Gasteiger partial charge in [0.05, 0.1) is 30.3 Å². The van der Waals surface area contributed by atoms with Crippen LogP contribution in [0.2, 0.25) is 0 Å². The lowest BCUT2D eigenvalue weighted by Crippen LogP contribution is -2.35. The van der Waals surface area contributed by atoms with Gasteiger partial charge in [-0.2, -0.15) is 0 Å². The third-order valence-electron chi connectivity index (χ3n) is 5.57. The van der Waals surface area contributed by atoms with Gasteiger partial charge in [0, 0.05) is 42.3 Å². The fraction of sp³-hybridized carbons (Fsp3) is 0.208. The highest BCUT2D eigenvalue weighted by Gasteiger charge is 2.22. The first-order valence-electron chi connectivity index (χ1n) is 10.3. The Morgan fingerprint density at radius 1 is 1.25 bits per heavy atom. The minimum Gasteiger partial charge on any atom is -0.496 e. The summed E-state index contributed by atoms with van der Waals surface area (Å²) in [6, 6.07) is 13.5. The van der Waals surface area contributed by atoms with Gasteiger partial charge in [0.1, 0.15) is 5.75 Å². The molecule has 0 unspecified atom stereocenters. The first kappa shape index (κ1) is 20.7. The van der Waals surface area contributed by atoms with E-state index >= 15 is 0 Å². The summed E-state index contributed by atoms with van der Waals surface area (Å²) in [5.74, 6) is 1.83. The number of aromatic nitrogens is 3. The molecule has 32 heavy (non-hydrogen) atoms. The minimum absolute atomic E-state index is 0.110. The van der Waals surface area contributed by atoms with Crippen LogP contribution in [0.15, 0.2) is 68.6 Å². The van der Waals surface area contributed by atoms with Crippen molar-refractivity contribution in [3.63, 3.8) is 0 Å². The van der Waals surface area contributed by atoms with Crippen molar-refractivity contribution in [3.8, 4) is 28.6 Å². The smallest absolute Gasteiger partial charge is 0.256 e. The molecule has 1 aliphatic heterocycles. The van der Waals surface area contributed by atoms with Gasteiger partial charge in [0.15, 0.2) is 11.6 Å². The third-order valence-corrected chi connectivity index (χ3v) is 6.06. The second-order valence-corrected chi connectivity index (χ2v) is 8.59. The molecule has 8 heteroatoms. The fourth-order valence-electron chi connectivity index (χ4n) is 3.96. The van der Waals surface area contributed by atoms with E-state index in [4.69, 9.17) is 9.15 Å². The average Bonchev–Trinajstić information content (AvgIpc) is 3.35. The maximum atomic E-state index is 12.7. The molecule has 7 nitrogen and oxygen atoms in total. The Hall–Kier alpha value is -3.23. The lowest BCUT2D eigenvalue weighted by atomic mass is 10.1. The van der Waals surface area contributed by atoms with Crippen LogP contribution in [-0.2, 0) is 19.5 Å². The molecule has 1 aromatic carbocycles. The van der Waals surface area contributed by atoms with E-state index < -0.39 is 0 Å². The Kier molecular flexibility index (Phi) is 5.63. The fourth-order valence-corrected chi connectivity index (χ4v) is 4.32. The van der Waals surface area contributed by atoms with Gasteiger partial charge in [-0.25, -0.2) is 4.98 Å². The summed E-state index contributed by atoms with van der Waals surface area (Å²) in [4.78, 5) is 27.0. The maximum absolute atomic E-state index is 12.7. The highest BCUT2D eigenvalue weighted by Crippen LogP contribution is 2.31. The SMILES string of the molecule is COc1ccc(Br)cc1-c1ccc(CN2CCc3nc(-c4ccco4)[nH]c(=O)c3C2)cn1. The van der Waals surface area contributed by atoms with Crippen LogP contribution in [-0.4, -0.2) is 33.5 Å². The van der Waals surface area contributed by atoms with Crippen LogP contribution in [0.25, 0.3) is 22.8 Å². The first-order valence-corrected chi connectivity index (χ1v) is 11.1. The van der Waals surface area contributed by atoms with Crippen molar-refractivity contribution in [3.05, 3.63) is 86.6 Å². The third kappa shape index (κ3) is 4.11. The highest BCUT2D eigenvalue weighted by atomic mass is 79.9. The molecule has 4 aromatic rings. The second-order valence-electron chi connectivity index (χ2n) is 7.67. The zero-order valence-electron chi connectivity index (χ0n) is 17.5. The molecule has 3 aromatic heterocycles. The molecule has 0 saturated carbocycles. The van der Waals surface area contributed by atoms with Crippen LogP contribution in [0.3, 0.4) is 0 Å². The number of furan rings is 1. The number of aromatic amines is 1. The topological polar surface area (TPSA) is 84.2 Å². The van der Waals surface area contributed by atoms with E-state index in [1.165, 1.54) is 0 Å². The summed E-state index contributed by atoms with van der Waals surface area (Å²) in [6.07, 6.45) is 4.17. The Morgan fingerprint density at radius 3 is 2.91 bits per heavy atom. The Balaban J connectivity index is 1.32. The Labute approximate surface area is 193 Å². The molecule has 0 saturated heterocycles. The Bertz CT molecular complexity index is 1300. The lowest BCUT2D eigenvalue weighted by molar-refractivity contribution is 0.241. The number of methoxy groups -OCH3 is 1. The van der Waals surface area contributed by atoms with Crippen molar-refractivity contribution < 1.29 is 9.15 Å². The molecular weight excluding hydrogens is 472 g/mol. The van der Waals surface area contributed by atoms with Gasteiger partial charge in [-0.05, 0) is 42.0 Å². The summed E-state index contributed by atoms with van der Waals surface area (Å²) in [7, 11) is 1.66. The van der Waals surface area contributed by atoms with E-state index in [1.54, 1.807) is 25.5 Å². The molecule has 0 fully saturated rings. The van der Waals surface area contributed by atoms with Gasteiger partial charge < -0.3 is 14.1 Å². The van der Waals surface area contributed by atoms with Crippen molar-refractivity contribution in [2.75, 3.05) is 13.7 Å². The highest BCUT2D eigenvalue weighted by molar-refractivity contribution is 9.10. The first-order chi connectivity index (χ1) is 15.6. The van der Waals surface area contributed by atoms with E-state index in [9.17, 15) is 4.79 Å². The van der Waals surface area contributed by atoms with Gasteiger partial charge in [0.25, 0.3) is 5.56 Å². The van der Waals surface area contributed by atoms with Gasteiger partial charge in [0.2, 0.25) is 0 Å². The lowest BCUT2D eigenvalue weighted by Gasteiger charge is -2.27. The molecule has 4 heterocycles. The summed E-state index contributed by atoms with van der Waals surface area (Å²) < 4.78 is 11.8. The number of fused-ring (bicyclic) bond motifs is 1. The molecule has 0 radical (unpaired) electrons. The van der Waals surface area contributed by atoms with Gasteiger partial charge >= 0.3 is 0 Å². The summed E-state index contributed by atoms with van der Waals surface area (Å²) >= 11 is 3.51. The summed E-state index contributed by atoms with van der Waals surface area (Å²) in [6.45, 7) is 2.08. The minimum atomic E-state index is -0.110. The summed E-state index contributed by atoms with van der Waals surface area (Å²) in [5.41, 5.74) is 4.32. The van der Waals surface area contributed by atoms with Crippen molar-refractivity contribution >= 4 is 15.9 Å². The number of hydrogen-bond acceptors (Lipinski definition) is 6. The number of pyridine rings is 1. The van der Waals surface area contributed by atoms with E-state index in [1.807, 2.05) is 30.5 Å². The monoisotopic (exact) mass is 492 g/mol. The molecule has 0 spiro atoms. The number of rotatable bonds is 5. The molecule has 0 aliphatic carbocycles. The van der Waals surface area contributed by atoms with E-state index in [2.05, 4.69) is 41.8 Å². The number of ether oxygens (including phenoxy) is 1. The molecule has 5 rings (SSSR count). The van der Waals surface area contributed by atoms with Crippen LogP contribution in [0.1, 0.15) is 16.8 Å². The second kappa shape index (κ2) is 8.72. The van der Waals surface area contributed by atoms with Crippen molar-refractivity contribution in [1.29, 1.82) is 0 Å². The van der Waals surface area contributed by atoms with Crippen LogP contribution >= 0.6 is 15.9 Å². The number of benzene rings is 1. The zero-order valence-corrected chi connectivity index (χ0v) is 19.1. The van der Waals surface area contributed by atoms with Gasteiger partial charge in [-0.15, -0.1) is 0 Å². The van der Waals surface area contributed by atoms with Crippen molar-refractivity contribution in [2.24, 2.45) is 0 Å². The van der Waals surface area contributed by atoms with Crippen LogP contribution < -0.4 is 10.3 Å². The standard InChI is InChI=1S/C24H21BrN4O3/c1-31-21-7-5-16(25)11-17(21)19-6-4-15(12-26-19)13-29-9-8-20-18(14-29)24(30)28-23(27-20)22-3-2-10-32-22/h2-7,10-12H,8-9,13-14H2,1H3,(H,27,28,30). The van der Waals surface area contributed by atoms with E-state index in [-0.39, 0.29) is 5.56 Å². The molecule has 0 atom stereocenters. The normalized spacial score (nSPS) is 13.7. The van der Waals surface area contributed by atoms with Crippen LogP contribution in [0, 0.1) is 0 Å². The van der Waals surface area contributed by atoms with Crippen LogP contribution in [0.5, 0.6) is 5.75 Å². The molecule has 1 aliphatic rings. The number of nitrogens with zero attached hydrogens (tertiary/aromatic N) is 3. The van der Waals surface area contributed by atoms with Crippen molar-refractivity contribution in [1.82, 2.24) is 19.9 Å². The Morgan fingerprint density at radius 2 is 2.16 bits per heavy atom. The molecule has 0 bridgehead atoms. The predicted octanol–water partition coefficient (Wildman–Crippen LogP) is 4.42. The van der Waals surface area contributed by atoms with Gasteiger partial charge in [-0.3, -0.25) is 14.7 Å². The van der Waals surface area contributed by atoms with Crippen molar-refractivity contribution in [2.45, 2.75) is 19.5 Å². The summed E-state index contributed by atoms with van der Waals surface area (Å²) in [5, 5.41) is 0. The van der Waals surface area contributed by atoms with E-state index in [0.717, 1.165) is 44.8 Å². The van der Waals surface area contributed by atoms with Crippen LogP contribution in [0.4, 0.5) is 0 Å². The molecule has 162 valence electrons. The number of nitrogens with one attached hydrogen (secondary N) is 1. The number of halogens is 1. The molecular formula is C24H21BrN4O3. The number of H-pyrrole nitrogens is 1. The van der Waals surface area contributed by atoms with E-state index in [0.29, 0.717) is 31.1 Å².